The fourth-order valence-electron chi connectivity index (χ4n) is 2.44. The van der Waals surface area contributed by atoms with Gasteiger partial charge in [-0.2, -0.15) is 0 Å². The van der Waals surface area contributed by atoms with Crippen molar-refractivity contribution in [1.82, 2.24) is 5.32 Å². The molecular formula is C20H22ClN5O3. The third-order valence-electron chi connectivity index (χ3n) is 3.68. The monoisotopic (exact) mass is 415 g/mol. The van der Waals surface area contributed by atoms with E-state index in [-0.39, 0.29) is 6.42 Å². The molecule has 0 aliphatic heterocycles. The Morgan fingerprint density at radius 1 is 1.17 bits per heavy atom. The molecule has 0 aliphatic rings. The Morgan fingerprint density at radius 3 is 2.41 bits per heavy atom. The predicted octanol–water partition coefficient (Wildman–Crippen LogP) is 5.36. The Balaban J connectivity index is 2.18. The minimum Gasteiger partial charge on any atom is -0.444 e. The van der Waals surface area contributed by atoms with Crippen LogP contribution in [0.4, 0.5) is 16.2 Å². The quantitative estimate of drug-likeness (QED) is 0.376. The lowest BCUT2D eigenvalue weighted by molar-refractivity contribution is -0.118. The number of halogens is 1. The predicted molar refractivity (Wildman–Crippen MR) is 112 cm³/mol. The van der Waals surface area contributed by atoms with E-state index in [1.54, 1.807) is 69.3 Å². The van der Waals surface area contributed by atoms with Crippen LogP contribution in [0.3, 0.4) is 0 Å². The van der Waals surface area contributed by atoms with E-state index in [4.69, 9.17) is 21.9 Å². The molecule has 0 bridgehead atoms. The molecule has 0 saturated heterocycles. The molecule has 0 aliphatic carbocycles. The highest BCUT2D eigenvalue weighted by Gasteiger charge is 2.25. The van der Waals surface area contributed by atoms with Crippen molar-refractivity contribution in [2.24, 2.45) is 5.11 Å². The van der Waals surface area contributed by atoms with Crippen LogP contribution in [0.1, 0.15) is 26.3 Å². The molecule has 0 fully saturated rings. The highest BCUT2D eigenvalue weighted by atomic mass is 35.5. The van der Waals surface area contributed by atoms with E-state index in [9.17, 15) is 9.59 Å². The summed E-state index contributed by atoms with van der Waals surface area (Å²) in [6, 6.07) is 12.5. The van der Waals surface area contributed by atoms with E-state index in [1.165, 1.54) is 0 Å². The van der Waals surface area contributed by atoms with Gasteiger partial charge >= 0.3 is 6.09 Å². The Bertz CT molecular complexity index is 918. The van der Waals surface area contributed by atoms with Gasteiger partial charge in [0.1, 0.15) is 11.6 Å². The van der Waals surface area contributed by atoms with Gasteiger partial charge in [-0.15, -0.1) is 0 Å². The molecule has 2 N–H and O–H groups in total. The highest BCUT2D eigenvalue weighted by molar-refractivity contribution is 6.31. The van der Waals surface area contributed by atoms with Gasteiger partial charge in [-0.1, -0.05) is 47.0 Å². The second kappa shape index (κ2) is 9.82. The molecule has 2 amide bonds. The summed E-state index contributed by atoms with van der Waals surface area (Å²) in [4.78, 5) is 27.8. The summed E-state index contributed by atoms with van der Waals surface area (Å²) < 4.78 is 5.27. The minimum atomic E-state index is -0.915. The lowest BCUT2D eigenvalue weighted by atomic mass is 10.0. The van der Waals surface area contributed by atoms with Crippen LogP contribution in [0.2, 0.25) is 5.02 Å². The van der Waals surface area contributed by atoms with E-state index in [2.05, 4.69) is 20.7 Å². The van der Waals surface area contributed by atoms with Crippen LogP contribution in [-0.4, -0.2) is 23.6 Å². The lowest BCUT2D eigenvalue weighted by Crippen LogP contribution is -2.47. The van der Waals surface area contributed by atoms with Crippen LogP contribution in [0.25, 0.3) is 10.4 Å². The summed E-state index contributed by atoms with van der Waals surface area (Å²) in [7, 11) is 0. The average Bonchev–Trinajstić information content (AvgIpc) is 2.63. The largest absolute Gasteiger partial charge is 0.444 e. The topological polar surface area (TPSA) is 116 Å². The molecule has 152 valence electrons. The molecule has 0 heterocycles. The molecule has 29 heavy (non-hydrogen) atoms. The normalized spacial score (nSPS) is 11.7. The Labute approximate surface area is 173 Å². The van der Waals surface area contributed by atoms with Crippen molar-refractivity contribution in [1.29, 1.82) is 0 Å². The van der Waals surface area contributed by atoms with Crippen molar-refractivity contribution in [3.05, 3.63) is 69.6 Å². The zero-order chi connectivity index (χ0) is 21.4. The number of nitrogens with one attached hydrogen (secondary N) is 2. The van der Waals surface area contributed by atoms with Gasteiger partial charge in [0.2, 0.25) is 5.91 Å². The zero-order valence-electron chi connectivity index (χ0n) is 16.3. The molecule has 0 aromatic heterocycles. The number of benzene rings is 2. The van der Waals surface area contributed by atoms with Crippen molar-refractivity contribution in [2.75, 3.05) is 5.32 Å². The standard InChI is InChI=1S/C20H22ClN5O3/c1-20(2,3)29-19(28)24-17(12-13-6-4-5-7-16(13)21)18(27)23-14-8-10-15(11-9-14)25-26-22/h4-11,17H,12H2,1-3H3,(H,23,27)(H,24,28)/t17-/m0/s1. The highest BCUT2D eigenvalue weighted by Crippen LogP contribution is 2.19. The smallest absolute Gasteiger partial charge is 0.408 e. The fraction of sp³-hybridized carbons (Fsp3) is 0.300. The van der Waals surface area contributed by atoms with Crippen LogP contribution in [-0.2, 0) is 16.0 Å². The van der Waals surface area contributed by atoms with Crippen molar-refractivity contribution in [3.63, 3.8) is 0 Å². The molecule has 2 aromatic rings. The molecule has 2 aromatic carbocycles. The summed E-state index contributed by atoms with van der Waals surface area (Å²) in [6.07, 6.45) is -0.523. The minimum absolute atomic E-state index is 0.182. The zero-order valence-corrected chi connectivity index (χ0v) is 17.1. The second-order valence-electron chi connectivity index (χ2n) is 7.22. The average molecular weight is 416 g/mol. The number of anilines is 1. The molecule has 0 saturated carbocycles. The van der Waals surface area contributed by atoms with Crippen LogP contribution >= 0.6 is 11.6 Å². The first-order valence-corrected chi connectivity index (χ1v) is 9.24. The van der Waals surface area contributed by atoms with Gasteiger partial charge in [0.15, 0.2) is 0 Å². The van der Waals surface area contributed by atoms with E-state index < -0.39 is 23.6 Å². The number of ether oxygens (including phenoxy) is 1. The van der Waals surface area contributed by atoms with Gasteiger partial charge in [0.05, 0.1) is 0 Å². The van der Waals surface area contributed by atoms with Crippen LogP contribution in [0.5, 0.6) is 0 Å². The fourth-order valence-corrected chi connectivity index (χ4v) is 2.65. The Hall–Kier alpha value is -3.22. The first-order valence-electron chi connectivity index (χ1n) is 8.87. The lowest BCUT2D eigenvalue weighted by Gasteiger charge is -2.23. The van der Waals surface area contributed by atoms with Crippen molar-refractivity contribution >= 4 is 35.0 Å². The number of nitrogens with zero attached hydrogens (tertiary/aromatic N) is 3. The molecule has 0 spiro atoms. The van der Waals surface area contributed by atoms with Gasteiger partial charge < -0.3 is 15.4 Å². The van der Waals surface area contributed by atoms with Gasteiger partial charge in [0.25, 0.3) is 0 Å². The third-order valence-corrected chi connectivity index (χ3v) is 4.05. The van der Waals surface area contributed by atoms with Gasteiger partial charge in [-0.05, 0) is 50.1 Å². The van der Waals surface area contributed by atoms with Crippen molar-refractivity contribution < 1.29 is 14.3 Å². The molecule has 1 atom stereocenters. The van der Waals surface area contributed by atoms with Crippen LogP contribution in [0.15, 0.2) is 53.6 Å². The maximum Gasteiger partial charge on any atom is 0.408 e. The van der Waals surface area contributed by atoms with E-state index in [0.29, 0.717) is 22.0 Å². The first kappa shape index (κ1) is 22.1. The number of azide groups is 1. The number of carbonyl (C=O) groups is 2. The molecule has 9 heteroatoms. The molecule has 0 unspecified atom stereocenters. The van der Waals surface area contributed by atoms with Crippen molar-refractivity contribution in [3.8, 4) is 0 Å². The maximum atomic E-state index is 12.8. The summed E-state index contributed by atoms with van der Waals surface area (Å²) >= 11 is 6.21. The number of alkyl carbamates (subject to hydrolysis) is 1. The number of hydrogen-bond donors (Lipinski definition) is 2. The van der Waals surface area contributed by atoms with E-state index in [0.717, 1.165) is 0 Å². The molecular weight excluding hydrogens is 394 g/mol. The Kier molecular flexibility index (Phi) is 7.47. The van der Waals surface area contributed by atoms with E-state index in [1.807, 2.05) is 0 Å². The number of carbonyl (C=O) groups excluding carboxylic acids is 2. The molecule has 2 rings (SSSR count). The third kappa shape index (κ3) is 7.37. The SMILES string of the molecule is CC(C)(C)OC(=O)N[C@@H](Cc1ccccc1Cl)C(=O)Nc1ccc(N=[N+]=[N-])cc1. The summed E-state index contributed by atoms with van der Waals surface area (Å²) in [5.74, 6) is -0.438. The summed E-state index contributed by atoms with van der Waals surface area (Å²) in [5, 5.41) is 9.31. The maximum absolute atomic E-state index is 12.8. The molecule has 8 nitrogen and oxygen atoms in total. The van der Waals surface area contributed by atoms with Crippen LogP contribution < -0.4 is 10.6 Å². The molecule has 0 radical (unpaired) electrons. The first-order chi connectivity index (χ1) is 13.7. The van der Waals surface area contributed by atoms with E-state index >= 15 is 0 Å². The Morgan fingerprint density at radius 2 is 1.83 bits per heavy atom. The number of amides is 2. The summed E-state index contributed by atoms with van der Waals surface area (Å²) in [5.41, 5.74) is 9.38. The van der Waals surface area contributed by atoms with Gasteiger partial charge in [-0.3, -0.25) is 4.79 Å². The number of hydrogen-bond acceptors (Lipinski definition) is 4. The number of rotatable bonds is 6. The second-order valence-corrected chi connectivity index (χ2v) is 7.63. The van der Waals surface area contributed by atoms with Gasteiger partial charge in [0, 0.05) is 27.7 Å². The van der Waals surface area contributed by atoms with Crippen molar-refractivity contribution in [2.45, 2.75) is 38.8 Å². The van der Waals surface area contributed by atoms with Crippen LogP contribution in [0, 0.1) is 0 Å². The summed E-state index contributed by atoms with van der Waals surface area (Å²) in [6.45, 7) is 5.21. The van der Waals surface area contributed by atoms with Gasteiger partial charge in [-0.25, -0.2) is 4.79 Å².